The Morgan fingerprint density at radius 3 is 2.57 bits per heavy atom. The molecule has 2 rings (SSSR count). The molecule has 2 aromatic rings. The van der Waals surface area contributed by atoms with Gasteiger partial charge in [-0.2, -0.15) is 17.4 Å². The van der Waals surface area contributed by atoms with Gasteiger partial charge < -0.3 is 0 Å². The van der Waals surface area contributed by atoms with Gasteiger partial charge in [-0.15, -0.1) is 0 Å². The lowest BCUT2D eigenvalue weighted by Crippen LogP contribution is -2.39. The summed E-state index contributed by atoms with van der Waals surface area (Å²) in [5, 5.41) is 0. The van der Waals surface area contributed by atoms with Crippen LogP contribution in [0.5, 0.6) is 0 Å². The minimum Gasteiger partial charge on any atom is -0.245 e. The van der Waals surface area contributed by atoms with Crippen molar-refractivity contribution in [1.29, 1.82) is 0 Å². The molecular weight excluding hydrogens is 288 g/mol. The molecule has 1 heterocycles. The molecule has 1 N–H and O–H groups in total. The third-order valence-corrected chi connectivity index (χ3v) is 4.84. The second-order valence-corrected chi connectivity index (χ2v) is 6.45. The summed E-state index contributed by atoms with van der Waals surface area (Å²) in [5.41, 5.74) is 1.56. The van der Waals surface area contributed by atoms with E-state index in [1.165, 1.54) is 17.7 Å². The van der Waals surface area contributed by atoms with Gasteiger partial charge in [-0.3, -0.25) is 0 Å². The van der Waals surface area contributed by atoms with Crippen molar-refractivity contribution >= 4 is 10.2 Å². The molecule has 0 aliphatic carbocycles. The van der Waals surface area contributed by atoms with Gasteiger partial charge in [-0.05, 0) is 18.6 Å². The van der Waals surface area contributed by atoms with Gasteiger partial charge in [0.1, 0.15) is 6.33 Å². The van der Waals surface area contributed by atoms with Crippen LogP contribution in [0.15, 0.2) is 48.9 Å². The van der Waals surface area contributed by atoms with E-state index < -0.39 is 10.2 Å². The van der Waals surface area contributed by atoms with E-state index in [2.05, 4.69) is 14.7 Å². The second-order valence-electron chi connectivity index (χ2n) is 4.64. The largest absolute Gasteiger partial charge is 0.280 e. The maximum absolute atomic E-state index is 12.3. The van der Waals surface area contributed by atoms with Crippen LogP contribution in [0.2, 0.25) is 0 Å². The summed E-state index contributed by atoms with van der Waals surface area (Å²) < 4.78 is 28.4. The predicted octanol–water partition coefficient (Wildman–Crippen LogP) is 1.50. The van der Waals surface area contributed by atoms with Crippen LogP contribution in [-0.2, 0) is 16.8 Å². The molecule has 1 atom stereocenters. The second kappa shape index (κ2) is 6.75. The van der Waals surface area contributed by atoms with Crippen LogP contribution < -0.4 is 4.72 Å². The summed E-state index contributed by atoms with van der Waals surface area (Å²) in [6.45, 7) is 2.04. The standard InChI is InChI=1S/C14H18N4O2S/c1-12(14-8-9-15-11-16-14)18(2)21(19,20)17-10-13-6-4-3-5-7-13/h3-9,11-12,17H,10H2,1-2H3. The van der Waals surface area contributed by atoms with Gasteiger partial charge in [-0.1, -0.05) is 30.3 Å². The molecule has 7 heteroatoms. The fourth-order valence-electron chi connectivity index (χ4n) is 1.81. The van der Waals surface area contributed by atoms with Crippen LogP contribution in [0.25, 0.3) is 0 Å². The number of nitrogens with one attached hydrogen (secondary N) is 1. The maximum atomic E-state index is 12.3. The van der Waals surface area contributed by atoms with Crippen LogP contribution >= 0.6 is 0 Å². The molecule has 112 valence electrons. The molecule has 0 aliphatic heterocycles. The predicted molar refractivity (Wildman–Crippen MR) is 80.4 cm³/mol. The molecule has 0 bridgehead atoms. The lowest BCUT2D eigenvalue weighted by Gasteiger charge is -2.23. The van der Waals surface area contributed by atoms with E-state index in [1.54, 1.807) is 19.2 Å². The molecule has 0 fully saturated rings. The van der Waals surface area contributed by atoms with Gasteiger partial charge in [-0.25, -0.2) is 9.97 Å². The highest BCUT2D eigenvalue weighted by atomic mass is 32.2. The van der Waals surface area contributed by atoms with Gasteiger partial charge in [0.15, 0.2) is 0 Å². The number of aromatic nitrogens is 2. The Morgan fingerprint density at radius 2 is 1.95 bits per heavy atom. The molecule has 21 heavy (non-hydrogen) atoms. The van der Waals surface area contributed by atoms with Crippen LogP contribution in [-0.4, -0.2) is 29.7 Å². The number of hydrogen-bond donors (Lipinski definition) is 1. The van der Waals surface area contributed by atoms with E-state index in [-0.39, 0.29) is 12.6 Å². The van der Waals surface area contributed by atoms with Crippen molar-refractivity contribution in [3.8, 4) is 0 Å². The topological polar surface area (TPSA) is 75.2 Å². The van der Waals surface area contributed by atoms with Crippen molar-refractivity contribution in [2.24, 2.45) is 0 Å². The van der Waals surface area contributed by atoms with E-state index in [0.29, 0.717) is 5.69 Å². The third-order valence-electron chi connectivity index (χ3n) is 3.26. The van der Waals surface area contributed by atoms with E-state index >= 15 is 0 Å². The van der Waals surface area contributed by atoms with Crippen molar-refractivity contribution < 1.29 is 8.42 Å². The smallest absolute Gasteiger partial charge is 0.245 e. The fraction of sp³-hybridized carbons (Fsp3) is 0.286. The number of benzene rings is 1. The Labute approximate surface area is 125 Å². The van der Waals surface area contributed by atoms with Gasteiger partial charge >= 0.3 is 0 Å². The molecule has 1 aromatic carbocycles. The Bertz CT molecular complexity index is 662. The molecule has 0 spiro atoms. The van der Waals surface area contributed by atoms with Crippen molar-refractivity contribution in [2.45, 2.75) is 19.5 Å². The Morgan fingerprint density at radius 1 is 1.24 bits per heavy atom. The summed E-state index contributed by atoms with van der Waals surface area (Å²) in [6, 6.07) is 10.7. The number of nitrogens with zero attached hydrogens (tertiary/aromatic N) is 3. The van der Waals surface area contributed by atoms with Crippen molar-refractivity contribution in [1.82, 2.24) is 19.0 Å². The first-order chi connectivity index (χ1) is 10.0. The van der Waals surface area contributed by atoms with Crippen LogP contribution in [0.1, 0.15) is 24.2 Å². The Balaban J connectivity index is 2.05. The van der Waals surface area contributed by atoms with E-state index in [4.69, 9.17) is 0 Å². The van der Waals surface area contributed by atoms with Crippen LogP contribution in [0, 0.1) is 0 Å². The zero-order valence-corrected chi connectivity index (χ0v) is 12.8. The molecule has 0 aliphatic rings. The number of rotatable bonds is 6. The molecule has 1 unspecified atom stereocenters. The minimum absolute atomic E-state index is 0.254. The first-order valence-electron chi connectivity index (χ1n) is 6.53. The van der Waals surface area contributed by atoms with Crippen LogP contribution in [0.3, 0.4) is 0 Å². The van der Waals surface area contributed by atoms with Crippen molar-refractivity contribution in [3.05, 3.63) is 60.2 Å². The molecule has 6 nitrogen and oxygen atoms in total. The summed E-state index contributed by atoms with van der Waals surface area (Å²) in [7, 11) is -2.06. The van der Waals surface area contributed by atoms with Crippen LogP contribution in [0.4, 0.5) is 0 Å². The highest BCUT2D eigenvalue weighted by Crippen LogP contribution is 2.18. The summed E-state index contributed by atoms with van der Waals surface area (Å²) >= 11 is 0. The third kappa shape index (κ3) is 4.07. The molecule has 1 aromatic heterocycles. The molecular formula is C14H18N4O2S. The zero-order valence-electron chi connectivity index (χ0n) is 12.0. The Kier molecular flexibility index (Phi) is 5.00. The van der Waals surface area contributed by atoms with Crippen molar-refractivity contribution in [2.75, 3.05) is 7.05 Å². The zero-order chi connectivity index (χ0) is 15.3. The van der Waals surface area contributed by atoms with Crippen molar-refractivity contribution in [3.63, 3.8) is 0 Å². The summed E-state index contributed by atoms with van der Waals surface area (Å²) in [5.74, 6) is 0. The summed E-state index contributed by atoms with van der Waals surface area (Å²) in [4.78, 5) is 7.92. The number of hydrogen-bond acceptors (Lipinski definition) is 4. The quantitative estimate of drug-likeness (QED) is 0.877. The van der Waals surface area contributed by atoms with E-state index in [0.717, 1.165) is 5.56 Å². The minimum atomic E-state index is -3.58. The van der Waals surface area contributed by atoms with Gasteiger partial charge in [0.05, 0.1) is 11.7 Å². The average molecular weight is 306 g/mol. The lowest BCUT2D eigenvalue weighted by molar-refractivity contribution is 0.384. The molecule has 0 amide bonds. The molecule has 0 saturated carbocycles. The van der Waals surface area contributed by atoms with Gasteiger partial charge in [0, 0.05) is 19.8 Å². The SMILES string of the molecule is CC(c1ccncn1)N(C)S(=O)(=O)NCc1ccccc1. The normalized spacial score (nSPS) is 13.3. The van der Waals surface area contributed by atoms with E-state index in [9.17, 15) is 8.42 Å². The summed E-state index contributed by atoms with van der Waals surface area (Å²) in [6.07, 6.45) is 3.00. The highest BCUT2D eigenvalue weighted by molar-refractivity contribution is 7.87. The van der Waals surface area contributed by atoms with Gasteiger partial charge in [0.2, 0.25) is 0 Å². The molecule has 0 radical (unpaired) electrons. The molecule has 0 saturated heterocycles. The monoisotopic (exact) mass is 306 g/mol. The Hall–Kier alpha value is -1.83. The highest BCUT2D eigenvalue weighted by Gasteiger charge is 2.24. The first kappa shape index (κ1) is 15.6. The van der Waals surface area contributed by atoms with E-state index in [1.807, 2.05) is 30.3 Å². The average Bonchev–Trinajstić information content (AvgIpc) is 2.53. The first-order valence-corrected chi connectivity index (χ1v) is 7.97. The lowest BCUT2D eigenvalue weighted by atomic mass is 10.2. The fourth-order valence-corrected chi connectivity index (χ4v) is 2.89. The van der Waals surface area contributed by atoms with Gasteiger partial charge in [0.25, 0.3) is 10.2 Å². The maximum Gasteiger partial charge on any atom is 0.280 e.